The van der Waals surface area contributed by atoms with Gasteiger partial charge < -0.3 is 14.4 Å². The first-order valence-electron chi connectivity index (χ1n) is 10.8. The lowest BCUT2D eigenvalue weighted by atomic mass is 10.2. The van der Waals surface area contributed by atoms with Crippen LogP contribution in [0, 0.1) is 0 Å². The van der Waals surface area contributed by atoms with Crippen molar-refractivity contribution in [1.29, 1.82) is 0 Å². The van der Waals surface area contributed by atoms with Gasteiger partial charge in [0, 0.05) is 6.54 Å². The van der Waals surface area contributed by atoms with Crippen molar-refractivity contribution in [3.05, 3.63) is 89.4 Å². The van der Waals surface area contributed by atoms with Gasteiger partial charge in [0.1, 0.15) is 23.1 Å². The second kappa shape index (κ2) is 9.40. The molecule has 0 aliphatic carbocycles. The average molecular weight is 445 g/mol. The van der Waals surface area contributed by atoms with E-state index in [-0.39, 0.29) is 18.6 Å². The molecule has 1 fully saturated rings. The number of carbonyl (C=O) groups is 1. The number of aromatic nitrogens is 1. The van der Waals surface area contributed by atoms with Gasteiger partial charge in [-0.15, -0.1) is 11.3 Å². The third-order valence-corrected chi connectivity index (χ3v) is 6.74. The Balaban J connectivity index is 1.17. The van der Waals surface area contributed by atoms with Crippen molar-refractivity contribution in [2.24, 2.45) is 0 Å². The minimum atomic E-state index is -0.00356. The van der Waals surface area contributed by atoms with Crippen LogP contribution in [0.2, 0.25) is 0 Å². The predicted molar refractivity (Wildman–Crippen MR) is 126 cm³/mol. The molecule has 5 nitrogen and oxygen atoms in total. The lowest BCUT2D eigenvalue weighted by Crippen LogP contribution is -2.34. The second-order valence-electron chi connectivity index (χ2n) is 7.80. The largest absolute Gasteiger partial charge is 0.489 e. The molecule has 0 N–H and O–H groups in total. The van der Waals surface area contributed by atoms with Crippen molar-refractivity contribution in [2.45, 2.75) is 25.5 Å². The molecule has 0 radical (unpaired) electrons. The zero-order valence-electron chi connectivity index (χ0n) is 17.6. The van der Waals surface area contributed by atoms with E-state index in [1.807, 2.05) is 77.7 Å². The Morgan fingerprint density at radius 1 is 0.938 bits per heavy atom. The first kappa shape index (κ1) is 20.5. The van der Waals surface area contributed by atoms with Crippen LogP contribution in [-0.2, 0) is 11.4 Å². The molecule has 0 saturated carbocycles. The highest BCUT2D eigenvalue weighted by Crippen LogP contribution is 2.36. The summed E-state index contributed by atoms with van der Waals surface area (Å²) in [6, 6.07) is 25.6. The summed E-state index contributed by atoms with van der Waals surface area (Å²) in [4.78, 5) is 19.6. The molecule has 1 aromatic heterocycles. The van der Waals surface area contributed by atoms with Gasteiger partial charge in [-0.3, -0.25) is 4.79 Å². The number of amides is 1. The summed E-state index contributed by atoms with van der Waals surface area (Å²) in [6.45, 7) is 1.28. The van der Waals surface area contributed by atoms with Crippen LogP contribution in [0.3, 0.4) is 0 Å². The van der Waals surface area contributed by atoms with E-state index in [4.69, 9.17) is 14.5 Å². The summed E-state index contributed by atoms with van der Waals surface area (Å²) in [5.41, 5.74) is 2.12. The van der Waals surface area contributed by atoms with Crippen molar-refractivity contribution in [3.63, 3.8) is 0 Å². The van der Waals surface area contributed by atoms with E-state index in [9.17, 15) is 4.79 Å². The zero-order valence-corrected chi connectivity index (χ0v) is 18.5. The molecule has 1 amide bonds. The predicted octanol–water partition coefficient (Wildman–Crippen LogP) is 5.62. The highest BCUT2D eigenvalue weighted by Gasteiger charge is 2.32. The molecule has 5 rings (SSSR count). The van der Waals surface area contributed by atoms with Gasteiger partial charge in [-0.05, 0) is 54.8 Å². The third kappa shape index (κ3) is 4.60. The van der Waals surface area contributed by atoms with Gasteiger partial charge in [0.15, 0.2) is 6.61 Å². The molecular weight excluding hydrogens is 420 g/mol. The summed E-state index contributed by atoms with van der Waals surface area (Å²) in [5.74, 6) is 1.42. The molecule has 3 aromatic carbocycles. The van der Waals surface area contributed by atoms with E-state index in [1.54, 1.807) is 11.3 Å². The van der Waals surface area contributed by atoms with Crippen LogP contribution in [0.15, 0.2) is 78.9 Å². The fourth-order valence-corrected chi connectivity index (χ4v) is 5.07. The molecule has 0 spiro atoms. The molecule has 2 heterocycles. The number of rotatable bonds is 7. The van der Waals surface area contributed by atoms with Crippen LogP contribution in [0.25, 0.3) is 10.2 Å². The molecule has 1 saturated heterocycles. The number of hydrogen-bond donors (Lipinski definition) is 0. The zero-order chi connectivity index (χ0) is 21.8. The van der Waals surface area contributed by atoms with Crippen molar-refractivity contribution >= 4 is 27.5 Å². The Morgan fingerprint density at radius 3 is 2.44 bits per heavy atom. The number of nitrogens with zero attached hydrogens (tertiary/aromatic N) is 2. The molecule has 1 atom stereocenters. The van der Waals surface area contributed by atoms with Crippen molar-refractivity contribution in [1.82, 2.24) is 9.88 Å². The first-order chi connectivity index (χ1) is 15.8. The van der Waals surface area contributed by atoms with Gasteiger partial charge in [0.25, 0.3) is 5.91 Å². The van der Waals surface area contributed by atoms with Crippen LogP contribution < -0.4 is 9.47 Å². The molecule has 32 heavy (non-hydrogen) atoms. The van der Waals surface area contributed by atoms with Crippen molar-refractivity contribution < 1.29 is 14.3 Å². The van der Waals surface area contributed by atoms with Gasteiger partial charge in [-0.25, -0.2) is 4.98 Å². The smallest absolute Gasteiger partial charge is 0.261 e. The average Bonchev–Trinajstić information content (AvgIpc) is 3.49. The number of thiazole rings is 1. The molecule has 162 valence electrons. The van der Waals surface area contributed by atoms with E-state index < -0.39 is 0 Å². The third-order valence-electron chi connectivity index (χ3n) is 5.60. The minimum Gasteiger partial charge on any atom is -0.489 e. The monoisotopic (exact) mass is 444 g/mol. The highest BCUT2D eigenvalue weighted by molar-refractivity contribution is 7.18. The maximum Gasteiger partial charge on any atom is 0.261 e. The normalized spacial score (nSPS) is 15.8. The highest BCUT2D eigenvalue weighted by atomic mass is 32.1. The number of fused-ring (bicyclic) bond motifs is 1. The molecule has 1 unspecified atom stereocenters. The number of benzene rings is 3. The Bertz CT molecular complexity index is 1160. The molecule has 4 aromatic rings. The first-order valence-corrected chi connectivity index (χ1v) is 11.6. The van der Waals surface area contributed by atoms with Gasteiger partial charge in [-0.1, -0.05) is 42.5 Å². The Hall–Kier alpha value is -3.38. The standard InChI is InChI=1S/C26H24N2O3S/c29-25(28-16-6-10-23(28)26-27-22-9-4-5-11-24(22)32-26)18-31-21-14-12-20(13-15-21)30-17-19-7-2-1-3-8-19/h1-5,7-9,11-15,23H,6,10,16-18H2. The molecule has 6 heteroatoms. The van der Waals surface area contributed by atoms with Crippen LogP contribution in [0.5, 0.6) is 11.5 Å². The topological polar surface area (TPSA) is 51.7 Å². The summed E-state index contributed by atoms with van der Waals surface area (Å²) >= 11 is 1.67. The summed E-state index contributed by atoms with van der Waals surface area (Å²) in [5, 5.41) is 1.01. The Labute approximate surface area is 191 Å². The Morgan fingerprint density at radius 2 is 1.66 bits per heavy atom. The van der Waals surface area contributed by atoms with Crippen LogP contribution in [-0.4, -0.2) is 28.9 Å². The Kier molecular flexibility index (Phi) is 6.03. The van der Waals surface area contributed by atoms with Crippen LogP contribution in [0.4, 0.5) is 0 Å². The van der Waals surface area contributed by atoms with Gasteiger partial charge in [-0.2, -0.15) is 0 Å². The number of carbonyl (C=O) groups excluding carboxylic acids is 1. The van der Waals surface area contributed by atoms with Crippen molar-refractivity contribution in [3.8, 4) is 11.5 Å². The van der Waals surface area contributed by atoms with E-state index in [0.29, 0.717) is 12.4 Å². The summed E-state index contributed by atoms with van der Waals surface area (Å²) in [7, 11) is 0. The quantitative estimate of drug-likeness (QED) is 0.371. The number of likely N-dealkylation sites (tertiary alicyclic amines) is 1. The molecule has 1 aliphatic heterocycles. The van der Waals surface area contributed by atoms with E-state index in [2.05, 4.69) is 6.07 Å². The van der Waals surface area contributed by atoms with Crippen LogP contribution in [0.1, 0.15) is 29.5 Å². The van der Waals surface area contributed by atoms with Gasteiger partial charge in [0.05, 0.1) is 16.3 Å². The van der Waals surface area contributed by atoms with Gasteiger partial charge in [0.2, 0.25) is 0 Å². The lowest BCUT2D eigenvalue weighted by molar-refractivity contribution is -0.134. The van der Waals surface area contributed by atoms with E-state index in [0.717, 1.165) is 45.9 Å². The number of ether oxygens (including phenoxy) is 2. The fourth-order valence-electron chi connectivity index (χ4n) is 3.96. The number of hydrogen-bond acceptors (Lipinski definition) is 5. The lowest BCUT2D eigenvalue weighted by Gasteiger charge is -2.23. The van der Waals surface area contributed by atoms with E-state index >= 15 is 0 Å². The molecular formula is C26H24N2O3S. The second-order valence-corrected chi connectivity index (χ2v) is 8.86. The molecule has 0 bridgehead atoms. The molecule has 1 aliphatic rings. The summed E-state index contributed by atoms with van der Waals surface area (Å²) < 4.78 is 12.7. The number of para-hydroxylation sites is 1. The summed E-state index contributed by atoms with van der Waals surface area (Å²) in [6.07, 6.45) is 1.93. The fraction of sp³-hybridized carbons (Fsp3) is 0.231. The minimum absolute atomic E-state index is 0.00356. The SMILES string of the molecule is O=C(COc1ccc(OCc2ccccc2)cc1)N1CCCC1c1nc2ccccc2s1. The van der Waals surface area contributed by atoms with Crippen molar-refractivity contribution in [2.75, 3.05) is 13.2 Å². The van der Waals surface area contributed by atoms with E-state index in [1.165, 1.54) is 0 Å². The van der Waals surface area contributed by atoms with Gasteiger partial charge >= 0.3 is 0 Å². The van der Waals surface area contributed by atoms with Crippen LogP contribution >= 0.6 is 11.3 Å². The maximum atomic E-state index is 12.9. The maximum absolute atomic E-state index is 12.9.